The Morgan fingerprint density at radius 1 is 0.963 bits per heavy atom. The number of carbonyl (C=O) groups is 2. The van der Waals surface area contributed by atoms with Crippen molar-refractivity contribution in [1.29, 1.82) is 0 Å². The van der Waals surface area contributed by atoms with E-state index in [9.17, 15) is 9.59 Å². The monoisotopic (exact) mass is 367 g/mol. The van der Waals surface area contributed by atoms with Crippen LogP contribution in [0.25, 0.3) is 0 Å². The first-order valence-corrected chi connectivity index (χ1v) is 8.76. The highest BCUT2D eigenvalue weighted by molar-refractivity contribution is 5.94. The summed E-state index contributed by atoms with van der Waals surface area (Å²) in [6, 6.07) is 14.4. The molecule has 0 spiro atoms. The van der Waals surface area contributed by atoms with Crippen LogP contribution in [-0.2, 0) is 9.59 Å². The van der Waals surface area contributed by atoms with Crippen LogP contribution in [0.4, 0.5) is 17.1 Å². The topological polar surface area (TPSA) is 79.5 Å². The lowest BCUT2D eigenvalue weighted by Crippen LogP contribution is -2.21. The van der Waals surface area contributed by atoms with Crippen molar-refractivity contribution in [3.8, 4) is 5.75 Å². The summed E-state index contributed by atoms with van der Waals surface area (Å²) < 4.78 is 5.40. The molecule has 0 fully saturated rings. The molecule has 0 aliphatic carbocycles. The van der Waals surface area contributed by atoms with E-state index in [0.717, 1.165) is 17.1 Å². The van der Waals surface area contributed by atoms with Gasteiger partial charge in [0.2, 0.25) is 11.8 Å². The second kappa shape index (κ2) is 10.0. The summed E-state index contributed by atoms with van der Waals surface area (Å²) in [6.45, 7) is 7.84. The van der Waals surface area contributed by atoms with Crippen LogP contribution < -0.4 is 20.7 Å². The van der Waals surface area contributed by atoms with Crippen molar-refractivity contribution in [2.24, 2.45) is 5.92 Å². The number of hydrogen-bond acceptors (Lipinski definition) is 4. The molecule has 0 bridgehead atoms. The fourth-order valence-corrected chi connectivity index (χ4v) is 2.14. The molecule has 2 amide bonds. The van der Waals surface area contributed by atoms with Crippen molar-refractivity contribution >= 4 is 28.9 Å². The maximum absolute atomic E-state index is 12.1. The minimum atomic E-state index is -0.160. The molecule has 0 aromatic heterocycles. The Bertz CT molecular complexity index is 768. The van der Waals surface area contributed by atoms with Gasteiger partial charge in [0, 0.05) is 23.0 Å². The zero-order chi connectivity index (χ0) is 19.6. The standard InChI is InChI=1S/C21H25N3O3/c1-4-13-27-19-11-9-17(10-12-19)23-20(25)14-22-16-5-7-18(8-6-16)24-21(26)15(2)3/h4-12,15,22H,1,13-14H2,2-3H3,(H,23,25)(H,24,26). The van der Waals surface area contributed by atoms with Crippen LogP contribution in [0, 0.1) is 5.92 Å². The largest absolute Gasteiger partial charge is 0.490 e. The Labute approximate surface area is 159 Å². The SMILES string of the molecule is C=CCOc1ccc(NC(=O)CNc2ccc(NC(=O)C(C)C)cc2)cc1. The molecule has 2 aromatic rings. The van der Waals surface area contributed by atoms with Gasteiger partial charge in [0.05, 0.1) is 6.54 Å². The number of benzene rings is 2. The van der Waals surface area contributed by atoms with Crippen molar-refractivity contribution in [2.75, 3.05) is 29.1 Å². The number of anilines is 3. The molecule has 0 saturated carbocycles. The number of ether oxygens (including phenoxy) is 1. The van der Waals surface area contributed by atoms with Crippen LogP contribution in [0.1, 0.15) is 13.8 Å². The highest BCUT2D eigenvalue weighted by Crippen LogP contribution is 2.16. The zero-order valence-corrected chi connectivity index (χ0v) is 15.6. The van der Waals surface area contributed by atoms with E-state index in [1.165, 1.54) is 0 Å². The lowest BCUT2D eigenvalue weighted by atomic mass is 10.2. The summed E-state index contributed by atoms with van der Waals surface area (Å²) in [7, 11) is 0. The van der Waals surface area contributed by atoms with Gasteiger partial charge in [-0.15, -0.1) is 0 Å². The maximum Gasteiger partial charge on any atom is 0.243 e. The summed E-state index contributed by atoms with van der Waals surface area (Å²) in [5, 5.41) is 8.68. The predicted molar refractivity (Wildman–Crippen MR) is 109 cm³/mol. The van der Waals surface area contributed by atoms with Crippen LogP contribution in [0.2, 0.25) is 0 Å². The molecule has 0 radical (unpaired) electrons. The summed E-state index contributed by atoms with van der Waals surface area (Å²) in [5.74, 6) is 0.452. The van der Waals surface area contributed by atoms with E-state index in [1.54, 1.807) is 42.5 Å². The maximum atomic E-state index is 12.1. The number of nitrogens with one attached hydrogen (secondary N) is 3. The molecule has 142 valence electrons. The van der Waals surface area contributed by atoms with E-state index < -0.39 is 0 Å². The third-order valence-electron chi connectivity index (χ3n) is 3.64. The van der Waals surface area contributed by atoms with Gasteiger partial charge in [-0.25, -0.2) is 0 Å². The van der Waals surface area contributed by atoms with Gasteiger partial charge < -0.3 is 20.7 Å². The van der Waals surface area contributed by atoms with Crippen LogP contribution in [0.15, 0.2) is 61.2 Å². The molecule has 0 heterocycles. The van der Waals surface area contributed by atoms with E-state index >= 15 is 0 Å². The zero-order valence-electron chi connectivity index (χ0n) is 15.6. The van der Waals surface area contributed by atoms with Gasteiger partial charge in [-0.3, -0.25) is 9.59 Å². The molecule has 0 unspecified atom stereocenters. The van der Waals surface area contributed by atoms with E-state index in [-0.39, 0.29) is 24.3 Å². The smallest absolute Gasteiger partial charge is 0.243 e. The average molecular weight is 367 g/mol. The van der Waals surface area contributed by atoms with Crippen molar-refractivity contribution in [3.05, 3.63) is 61.2 Å². The summed E-state index contributed by atoms with van der Waals surface area (Å²) in [5.41, 5.74) is 2.21. The molecular formula is C21H25N3O3. The average Bonchev–Trinajstić information content (AvgIpc) is 2.67. The highest BCUT2D eigenvalue weighted by atomic mass is 16.5. The molecule has 0 aliphatic heterocycles. The van der Waals surface area contributed by atoms with E-state index in [0.29, 0.717) is 12.3 Å². The van der Waals surface area contributed by atoms with Crippen molar-refractivity contribution in [1.82, 2.24) is 0 Å². The Kier molecular flexibility index (Phi) is 7.43. The molecule has 0 saturated heterocycles. The van der Waals surface area contributed by atoms with Gasteiger partial charge in [0.25, 0.3) is 0 Å². The summed E-state index contributed by atoms with van der Waals surface area (Å²) >= 11 is 0. The predicted octanol–water partition coefficient (Wildman–Crippen LogP) is 3.90. The summed E-state index contributed by atoms with van der Waals surface area (Å²) in [6.07, 6.45) is 1.67. The fraction of sp³-hybridized carbons (Fsp3) is 0.238. The van der Waals surface area contributed by atoms with Gasteiger partial charge in [-0.05, 0) is 48.5 Å². The van der Waals surface area contributed by atoms with Crippen LogP contribution in [0.3, 0.4) is 0 Å². The van der Waals surface area contributed by atoms with Crippen LogP contribution in [-0.4, -0.2) is 25.0 Å². The number of rotatable bonds is 9. The Morgan fingerprint density at radius 2 is 1.52 bits per heavy atom. The minimum absolute atomic E-state index is 0.0315. The first-order valence-electron chi connectivity index (χ1n) is 8.76. The van der Waals surface area contributed by atoms with Crippen molar-refractivity contribution in [2.45, 2.75) is 13.8 Å². The molecule has 2 aromatic carbocycles. The highest BCUT2D eigenvalue weighted by Gasteiger charge is 2.07. The molecular weight excluding hydrogens is 342 g/mol. The van der Waals surface area contributed by atoms with Crippen molar-refractivity contribution in [3.63, 3.8) is 0 Å². The Morgan fingerprint density at radius 3 is 2.11 bits per heavy atom. The van der Waals surface area contributed by atoms with Gasteiger partial charge in [0.1, 0.15) is 12.4 Å². The molecule has 0 aliphatic rings. The van der Waals surface area contributed by atoms with Gasteiger partial charge in [-0.2, -0.15) is 0 Å². The normalized spacial score (nSPS) is 10.2. The van der Waals surface area contributed by atoms with Crippen LogP contribution in [0.5, 0.6) is 5.75 Å². The second-order valence-corrected chi connectivity index (χ2v) is 6.25. The molecule has 0 atom stereocenters. The number of hydrogen-bond donors (Lipinski definition) is 3. The van der Waals surface area contributed by atoms with Gasteiger partial charge in [-0.1, -0.05) is 26.5 Å². The third-order valence-corrected chi connectivity index (χ3v) is 3.64. The fourth-order valence-electron chi connectivity index (χ4n) is 2.14. The molecule has 6 heteroatoms. The molecule has 6 nitrogen and oxygen atoms in total. The van der Waals surface area contributed by atoms with E-state index in [1.807, 2.05) is 26.0 Å². The minimum Gasteiger partial charge on any atom is -0.490 e. The quantitative estimate of drug-likeness (QED) is 0.587. The molecule has 2 rings (SSSR count). The lowest BCUT2D eigenvalue weighted by molar-refractivity contribution is -0.119. The Balaban J connectivity index is 1.79. The van der Waals surface area contributed by atoms with Gasteiger partial charge >= 0.3 is 0 Å². The Hall–Kier alpha value is -3.28. The third kappa shape index (κ3) is 6.86. The van der Waals surface area contributed by atoms with E-state index in [4.69, 9.17) is 4.74 Å². The van der Waals surface area contributed by atoms with Crippen LogP contribution >= 0.6 is 0 Å². The molecule has 27 heavy (non-hydrogen) atoms. The second-order valence-electron chi connectivity index (χ2n) is 6.25. The lowest BCUT2D eigenvalue weighted by Gasteiger charge is -2.10. The number of amides is 2. The van der Waals surface area contributed by atoms with E-state index in [2.05, 4.69) is 22.5 Å². The first kappa shape index (κ1) is 20.0. The molecule has 3 N–H and O–H groups in total. The van der Waals surface area contributed by atoms with Crippen molar-refractivity contribution < 1.29 is 14.3 Å². The first-order chi connectivity index (χ1) is 13.0. The van der Waals surface area contributed by atoms with Gasteiger partial charge in [0.15, 0.2) is 0 Å². The summed E-state index contributed by atoms with van der Waals surface area (Å²) in [4.78, 5) is 23.7. The number of carbonyl (C=O) groups excluding carboxylic acids is 2.